The van der Waals surface area contributed by atoms with Crippen molar-refractivity contribution in [1.82, 2.24) is 0 Å². The van der Waals surface area contributed by atoms with E-state index in [4.69, 9.17) is 10.5 Å². The van der Waals surface area contributed by atoms with Crippen LogP contribution in [-0.2, 0) is 6.42 Å². The number of benzene rings is 2. The summed E-state index contributed by atoms with van der Waals surface area (Å²) in [6, 6.07) is 16.9. The molecule has 1 unspecified atom stereocenters. The highest BCUT2D eigenvalue weighted by atomic mass is 35.5. The van der Waals surface area contributed by atoms with Crippen molar-refractivity contribution in [3.8, 4) is 16.9 Å². The second kappa shape index (κ2) is 8.71. The molecule has 2 rings (SSSR count). The summed E-state index contributed by atoms with van der Waals surface area (Å²) in [6.45, 7) is 4.89. The Morgan fingerprint density at radius 1 is 1.10 bits per heavy atom. The summed E-state index contributed by atoms with van der Waals surface area (Å²) < 4.78 is 5.87. The third-order valence-corrected chi connectivity index (χ3v) is 3.15. The molecule has 0 radical (unpaired) electrons. The van der Waals surface area contributed by atoms with E-state index in [1.807, 2.05) is 13.0 Å². The van der Waals surface area contributed by atoms with Crippen molar-refractivity contribution < 1.29 is 4.74 Å². The van der Waals surface area contributed by atoms with Crippen LogP contribution in [0.25, 0.3) is 11.1 Å². The molecule has 0 aromatic heterocycles. The normalized spacial score (nSPS) is 11.6. The van der Waals surface area contributed by atoms with Gasteiger partial charge in [-0.1, -0.05) is 43.3 Å². The van der Waals surface area contributed by atoms with E-state index < -0.39 is 0 Å². The van der Waals surface area contributed by atoms with Gasteiger partial charge in [-0.2, -0.15) is 0 Å². The van der Waals surface area contributed by atoms with Crippen molar-refractivity contribution in [1.29, 1.82) is 0 Å². The fraction of sp³-hybridized carbons (Fsp3) is 0.333. The first kappa shape index (κ1) is 17.5. The SMILES string of the molecule is CCCOc1ccc(CC(C)N)cc1-c1ccccc1.Cl. The highest BCUT2D eigenvalue weighted by Gasteiger charge is 2.08. The van der Waals surface area contributed by atoms with E-state index in [9.17, 15) is 0 Å². The summed E-state index contributed by atoms with van der Waals surface area (Å²) in [4.78, 5) is 0. The van der Waals surface area contributed by atoms with Gasteiger partial charge in [-0.05, 0) is 43.0 Å². The lowest BCUT2D eigenvalue weighted by Crippen LogP contribution is -2.17. The average molecular weight is 306 g/mol. The van der Waals surface area contributed by atoms with Crippen LogP contribution in [0.3, 0.4) is 0 Å². The van der Waals surface area contributed by atoms with Crippen LogP contribution in [0.4, 0.5) is 0 Å². The molecular weight excluding hydrogens is 282 g/mol. The zero-order chi connectivity index (χ0) is 14.4. The minimum Gasteiger partial charge on any atom is -0.493 e. The molecule has 114 valence electrons. The van der Waals surface area contributed by atoms with Gasteiger partial charge in [-0.3, -0.25) is 0 Å². The minimum atomic E-state index is 0. The Morgan fingerprint density at radius 3 is 2.43 bits per heavy atom. The zero-order valence-corrected chi connectivity index (χ0v) is 13.5. The molecule has 2 N–H and O–H groups in total. The lowest BCUT2D eigenvalue weighted by atomic mass is 9.99. The van der Waals surface area contributed by atoms with Crippen LogP contribution in [0.15, 0.2) is 48.5 Å². The van der Waals surface area contributed by atoms with Gasteiger partial charge in [-0.25, -0.2) is 0 Å². The maximum atomic E-state index is 5.90. The summed E-state index contributed by atoms with van der Waals surface area (Å²) in [6.07, 6.45) is 1.89. The minimum absolute atomic E-state index is 0. The zero-order valence-electron chi connectivity index (χ0n) is 12.7. The Balaban J connectivity index is 0.00000220. The molecular formula is C18H24ClNO. The Morgan fingerprint density at radius 2 is 1.81 bits per heavy atom. The number of hydrogen-bond acceptors (Lipinski definition) is 2. The topological polar surface area (TPSA) is 35.2 Å². The third kappa shape index (κ3) is 5.07. The van der Waals surface area contributed by atoms with Crippen LogP contribution in [0, 0.1) is 0 Å². The molecule has 0 aliphatic heterocycles. The lowest BCUT2D eigenvalue weighted by Gasteiger charge is -2.14. The van der Waals surface area contributed by atoms with E-state index in [-0.39, 0.29) is 18.4 Å². The first-order chi connectivity index (χ1) is 9.70. The van der Waals surface area contributed by atoms with Gasteiger partial charge in [0, 0.05) is 11.6 Å². The fourth-order valence-electron chi connectivity index (χ4n) is 2.26. The van der Waals surface area contributed by atoms with Crippen LogP contribution in [0.5, 0.6) is 5.75 Å². The van der Waals surface area contributed by atoms with Gasteiger partial charge in [-0.15, -0.1) is 12.4 Å². The van der Waals surface area contributed by atoms with Crippen LogP contribution < -0.4 is 10.5 Å². The number of halogens is 1. The van der Waals surface area contributed by atoms with Crippen molar-refractivity contribution in [3.63, 3.8) is 0 Å². The van der Waals surface area contributed by atoms with Crippen molar-refractivity contribution in [3.05, 3.63) is 54.1 Å². The molecule has 3 heteroatoms. The Kier molecular flexibility index (Phi) is 7.27. The third-order valence-electron chi connectivity index (χ3n) is 3.15. The smallest absolute Gasteiger partial charge is 0.127 e. The number of hydrogen-bond donors (Lipinski definition) is 1. The Bertz CT molecular complexity index is 540. The molecule has 0 heterocycles. The van der Waals surface area contributed by atoms with Crippen LogP contribution in [-0.4, -0.2) is 12.6 Å². The molecule has 0 saturated carbocycles. The van der Waals surface area contributed by atoms with E-state index in [1.54, 1.807) is 0 Å². The number of nitrogens with two attached hydrogens (primary N) is 1. The van der Waals surface area contributed by atoms with Crippen molar-refractivity contribution >= 4 is 12.4 Å². The van der Waals surface area contributed by atoms with Crippen molar-refractivity contribution in [2.24, 2.45) is 5.73 Å². The van der Waals surface area contributed by atoms with Gasteiger partial charge in [0.15, 0.2) is 0 Å². The maximum Gasteiger partial charge on any atom is 0.127 e. The first-order valence-electron chi connectivity index (χ1n) is 7.27. The van der Waals surface area contributed by atoms with Gasteiger partial charge in [0.25, 0.3) is 0 Å². The molecule has 0 aliphatic carbocycles. The summed E-state index contributed by atoms with van der Waals surface area (Å²) in [5, 5.41) is 0. The first-order valence-corrected chi connectivity index (χ1v) is 7.27. The predicted octanol–water partition coefficient (Wildman–Crippen LogP) is 4.45. The fourth-order valence-corrected chi connectivity index (χ4v) is 2.26. The van der Waals surface area contributed by atoms with Crippen LogP contribution >= 0.6 is 12.4 Å². The molecule has 1 atom stereocenters. The van der Waals surface area contributed by atoms with E-state index >= 15 is 0 Å². The summed E-state index contributed by atoms with van der Waals surface area (Å²) in [5.41, 5.74) is 9.49. The summed E-state index contributed by atoms with van der Waals surface area (Å²) in [7, 11) is 0. The van der Waals surface area contributed by atoms with Gasteiger partial charge >= 0.3 is 0 Å². The predicted molar refractivity (Wildman–Crippen MR) is 92.3 cm³/mol. The highest BCUT2D eigenvalue weighted by molar-refractivity contribution is 5.85. The lowest BCUT2D eigenvalue weighted by molar-refractivity contribution is 0.318. The molecule has 0 aliphatic rings. The monoisotopic (exact) mass is 305 g/mol. The standard InChI is InChI=1S/C18H23NO.ClH/c1-3-11-20-18-10-9-15(12-14(2)19)13-17(18)16-7-5-4-6-8-16;/h4-10,13-14H,3,11-12,19H2,1-2H3;1H. The maximum absolute atomic E-state index is 5.90. The molecule has 2 nitrogen and oxygen atoms in total. The molecule has 0 amide bonds. The second-order valence-corrected chi connectivity index (χ2v) is 5.23. The molecule has 0 saturated heterocycles. The quantitative estimate of drug-likeness (QED) is 0.855. The molecule has 2 aromatic carbocycles. The highest BCUT2D eigenvalue weighted by Crippen LogP contribution is 2.31. The molecule has 0 fully saturated rings. The number of rotatable bonds is 6. The Hall–Kier alpha value is -1.51. The van der Waals surface area contributed by atoms with Gasteiger partial charge < -0.3 is 10.5 Å². The van der Waals surface area contributed by atoms with Gasteiger partial charge in [0.05, 0.1) is 6.61 Å². The van der Waals surface area contributed by atoms with Crippen molar-refractivity contribution in [2.75, 3.05) is 6.61 Å². The van der Waals surface area contributed by atoms with E-state index in [0.29, 0.717) is 0 Å². The molecule has 21 heavy (non-hydrogen) atoms. The van der Waals surface area contributed by atoms with Gasteiger partial charge in [0.2, 0.25) is 0 Å². The van der Waals surface area contributed by atoms with Gasteiger partial charge in [0.1, 0.15) is 5.75 Å². The van der Waals surface area contributed by atoms with E-state index in [0.717, 1.165) is 30.8 Å². The van der Waals surface area contributed by atoms with Crippen LogP contribution in [0.2, 0.25) is 0 Å². The van der Waals surface area contributed by atoms with Crippen LogP contribution in [0.1, 0.15) is 25.8 Å². The number of ether oxygens (including phenoxy) is 1. The summed E-state index contributed by atoms with van der Waals surface area (Å²) >= 11 is 0. The Labute approximate surface area is 133 Å². The summed E-state index contributed by atoms with van der Waals surface area (Å²) in [5.74, 6) is 0.950. The largest absolute Gasteiger partial charge is 0.493 e. The molecule has 0 spiro atoms. The van der Waals surface area contributed by atoms with E-state index in [2.05, 4.69) is 49.4 Å². The molecule has 2 aromatic rings. The van der Waals surface area contributed by atoms with E-state index in [1.165, 1.54) is 11.1 Å². The average Bonchev–Trinajstić information content (AvgIpc) is 2.46. The molecule has 0 bridgehead atoms. The van der Waals surface area contributed by atoms with Crippen molar-refractivity contribution in [2.45, 2.75) is 32.7 Å². The second-order valence-electron chi connectivity index (χ2n) is 5.23.